The van der Waals surface area contributed by atoms with Crippen LogP contribution >= 0.6 is 0 Å². The van der Waals surface area contributed by atoms with Crippen LogP contribution in [-0.2, 0) is 0 Å². The van der Waals surface area contributed by atoms with Gasteiger partial charge in [0.25, 0.3) is 0 Å². The van der Waals surface area contributed by atoms with Crippen LogP contribution in [0.25, 0.3) is 0 Å². The van der Waals surface area contributed by atoms with Gasteiger partial charge in [0.15, 0.2) is 17.3 Å². The molecule has 0 N–H and O–H groups in total. The Bertz CT molecular complexity index is 387. The number of hydrogen-bond acceptors (Lipinski definition) is 4. The summed E-state index contributed by atoms with van der Waals surface area (Å²) in [7, 11) is 3.72. The molecule has 1 aromatic carbocycles. The molecule has 0 saturated carbocycles. The number of nitrogens with zero attached hydrogens (tertiary/aromatic N) is 1. The fraction of sp³-hybridized carbons (Fsp3) is 0.364. The van der Waals surface area contributed by atoms with E-state index in [9.17, 15) is 4.79 Å². The Labute approximate surface area is 88.4 Å². The van der Waals surface area contributed by atoms with Gasteiger partial charge < -0.3 is 14.4 Å². The van der Waals surface area contributed by atoms with Crippen molar-refractivity contribution in [3.05, 3.63) is 23.8 Å². The van der Waals surface area contributed by atoms with Crippen LogP contribution in [-0.4, -0.2) is 38.1 Å². The number of para-hydroxylation sites is 1. The summed E-state index contributed by atoms with van der Waals surface area (Å²) in [5.74, 6) is 1.27. The molecule has 2 rings (SSSR count). The zero-order valence-corrected chi connectivity index (χ0v) is 8.82. The number of benzene rings is 1. The molecule has 0 bridgehead atoms. The number of fused-ring (bicyclic) bond motifs is 1. The fourth-order valence-corrected chi connectivity index (χ4v) is 1.52. The lowest BCUT2D eigenvalue weighted by Crippen LogP contribution is -2.21. The van der Waals surface area contributed by atoms with Gasteiger partial charge in [0.1, 0.15) is 0 Å². The molecule has 0 saturated heterocycles. The van der Waals surface area contributed by atoms with Crippen LogP contribution in [0.2, 0.25) is 0 Å². The Morgan fingerprint density at radius 3 is 2.93 bits per heavy atom. The number of hydrogen-bond donors (Lipinski definition) is 0. The number of ketones is 1. The highest BCUT2D eigenvalue weighted by Gasteiger charge is 2.21. The van der Waals surface area contributed by atoms with E-state index in [1.54, 1.807) is 18.2 Å². The van der Waals surface area contributed by atoms with Gasteiger partial charge in [-0.15, -0.1) is 0 Å². The van der Waals surface area contributed by atoms with Crippen LogP contribution in [0.4, 0.5) is 0 Å². The largest absolute Gasteiger partial charge is 0.454 e. The second kappa shape index (κ2) is 3.90. The first-order valence-electron chi connectivity index (χ1n) is 4.75. The van der Waals surface area contributed by atoms with Crippen molar-refractivity contribution in [2.24, 2.45) is 0 Å². The fourth-order valence-electron chi connectivity index (χ4n) is 1.52. The van der Waals surface area contributed by atoms with Gasteiger partial charge in [0.05, 0.1) is 12.1 Å². The van der Waals surface area contributed by atoms with E-state index in [4.69, 9.17) is 9.47 Å². The van der Waals surface area contributed by atoms with Gasteiger partial charge in [0, 0.05) is 0 Å². The molecule has 0 aromatic heterocycles. The molecule has 0 radical (unpaired) electrons. The van der Waals surface area contributed by atoms with Crippen LogP contribution in [0.1, 0.15) is 10.4 Å². The van der Waals surface area contributed by atoms with Crippen molar-refractivity contribution in [1.82, 2.24) is 4.90 Å². The third-order valence-corrected chi connectivity index (χ3v) is 2.16. The van der Waals surface area contributed by atoms with Gasteiger partial charge in [-0.1, -0.05) is 6.07 Å². The normalized spacial score (nSPS) is 13.3. The molecule has 0 fully saturated rings. The first kappa shape index (κ1) is 9.98. The van der Waals surface area contributed by atoms with Crippen LogP contribution < -0.4 is 9.47 Å². The zero-order chi connectivity index (χ0) is 10.8. The number of carbonyl (C=O) groups is 1. The van der Waals surface area contributed by atoms with Gasteiger partial charge in [-0.25, -0.2) is 0 Å². The van der Waals surface area contributed by atoms with Crippen molar-refractivity contribution >= 4 is 5.78 Å². The number of carbonyl (C=O) groups excluding carboxylic acids is 1. The molecular formula is C11H13NO3. The minimum absolute atomic E-state index is 0.0438. The predicted molar refractivity (Wildman–Crippen MR) is 55.4 cm³/mol. The van der Waals surface area contributed by atoms with Gasteiger partial charge >= 0.3 is 0 Å². The van der Waals surface area contributed by atoms with Crippen LogP contribution in [0, 0.1) is 0 Å². The Hall–Kier alpha value is -1.55. The average Bonchev–Trinajstić information content (AvgIpc) is 2.63. The lowest BCUT2D eigenvalue weighted by molar-refractivity contribution is 0.0953. The molecule has 15 heavy (non-hydrogen) atoms. The van der Waals surface area contributed by atoms with Gasteiger partial charge in [-0.05, 0) is 26.2 Å². The van der Waals surface area contributed by atoms with Crippen molar-refractivity contribution in [2.45, 2.75) is 0 Å². The maximum atomic E-state index is 11.8. The first-order valence-corrected chi connectivity index (χ1v) is 4.75. The smallest absolute Gasteiger partial charge is 0.231 e. The van der Waals surface area contributed by atoms with Crippen molar-refractivity contribution in [3.63, 3.8) is 0 Å². The lowest BCUT2D eigenvalue weighted by atomic mass is 10.1. The Kier molecular flexibility index (Phi) is 2.60. The summed E-state index contributed by atoms with van der Waals surface area (Å²) in [4.78, 5) is 13.7. The molecule has 1 aliphatic rings. The second-order valence-electron chi connectivity index (χ2n) is 3.70. The van der Waals surface area contributed by atoms with E-state index in [1.807, 2.05) is 19.0 Å². The topological polar surface area (TPSA) is 38.8 Å². The molecule has 1 aromatic rings. The summed E-state index contributed by atoms with van der Waals surface area (Å²) in [5.41, 5.74) is 0.596. The van der Waals surface area contributed by atoms with E-state index in [0.717, 1.165) is 0 Å². The van der Waals surface area contributed by atoms with Crippen LogP contribution in [0.3, 0.4) is 0 Å². The molecule has 0 spiro atoms. The molecule has 4 nitrogen and oxygen atoms in total. The quantitative estimate of drug-likeness (QED) is 0.697. The summed E-state index contributed by atoms with van der Waals surface area (Å²) in [6.45, 7) is 0.571. The summed E-state index contributed by atoms with van der Waals surface area (Å²) >= 11 is 0. The molecule has 0 aliphatic carbocycles. The summed E-state index contributed by atoms with van der Waals surface area (Å²) < 4.78 is 10.5. The number of rotatable bonds is 3. The van der Waals surface area contributed by atoms with Crippen molar-refractivity contribution in [3.8, 4) is 11.5 Å². The van der Waals surface area contributed by atoms with Gasteiger partial charge in [0.2, 0.25) is 6.79 Å². The van der Waals surface area contributed by atoms with Crippen molar-refractivity contribution in [1.29, 1.82) is 0 Å². The Balaban J connectivity index is 2.29. The number of likely N-dealkylation sites (N-methyl/N-ethyl adjacent to an activating group) is 1. The minimum Gasteiger partial charge on any atom is -0.454 e. The highest BCUT2D eigenvalue weighted by atomic mass is 16.7. The van der Waals surface area contributed by atoms with Gasteiger partial charge in [-0.3, -0.25) is 4.79 Å². The maximum Gasteiger partial charge on any atom is 0.231 e. The highest BCUT2D eigenvalue weighted by Crippen LogP contribution is 2.35. The lowest BCUT2D eigenvalue weighted by Gasteiger charge is -2.09. The third kappa shape index (κ3) is 1.94. The highest BCUT2D eigenvalue weighted by molar-refractivity contribution is 6.00. The summed E-state index contributed by atoms with van der Waals surface area (Å²) in [5, 5.41) is 0. The van der Waals surface area contributed by atoms with Crippen LogP contribution in [0.15, 0.2) is 18.2 Å². The molecular weight excluding hydrogens is 194 g/mol. The molecule has 80 valence electrons. The maximum absolute atomic E-state index is 11.8. The molecule has 0 atom stereocenters. The minimum atomic E-state index is 0.0438. The number of ether oxygens (including phenoxy) is 2. The monoisotopic (exact) mass is 207 g/mol. The average molecular weight is 207 g/mol. The Morgan fingerprint density at radius 1 is 1.40 bits per heavy atom. The number of Topliss-reactive ketones (excluding diaryl/α,β-unsaturated/α-hetero) is 1. The molecule has 0 amide bonds. The molecule has 4 heteroatoms. The predicted octanol–water partition coefficient (Wildman–Crippen LogP) is 1.16. The third-order valence-electron chi connectivity index (χ3n) is 2.16. The molecule has 1 aliphatic heterocycles. The van der Waals surface area contributed by atoms with Crippen LogP contribution in [0.5, 0.6) is 11.5 Å². The van der Waals surface area contributed by atoms with E-state index in [1.165, 1.54) is 0 Å². The van der Waals surface area contributed by atoms with E-state index in [0.29, 0.717) is 23.6 Å². The van der Waals surface area contributed by atoms with E-state index < -0.39 is 0 Å². The Morgan fingerprint density at radius 2 is 2.20 bits per heavy atom. The SMILES string of the molecule is CN(C)CC(=O)c1cccc2c1OCO2. The standard InChI is InChI=1S/C11H13NO3/c1-12(2)6-9(13)8-4-3-5-10-11(8)15-7-14-10/h3-5H,6-7H2,1-2H3. The van der Waals surface area contributed by atoms with E-state index >= 15 is 0 Å². The van der Waals surface area contributed by atoms with E-state index in [-0.39, 0.29) is 12.6 Å². The molecule has 0 unspecified atom stereocenters. The van der Waals surface area contributed by atoms with Crippen molar-refractivity contribution < 1.29 is 14.3 Å². The molecule has 1 heterocycles. The second-order valence-corrected chi connectivity index (χ2v) is 3.70. The van der Waals surface area contributed by atoms with Crippen molar-refractivity contribution in [2.75, 3.05) is 27.4 Å². The van der Waals surface area contributed by atoms with E-state index in [2.05, 4.69) is 0 Å². The summed E-state index contributed by atoms with van der Waals surface area (Å²) in [6, 6.07) is 5.37. The zero-order valence-electron chi connectivity index (χ0n) is 8.82. The summed E-state index contributed by atoms with van der Waals surface area (Å²) in [6.07, 6.45) is 0. The van der Waals surface area contributed by atoms with Gasteiger partial charge in [-0.2, -0.15) is 0 Å². The first-order chi connectivity index (χ1) is 7.18.